The summed E-state index contributed by atoms with van der Waals surface area (Å²) in [7, 11) is 3.87. The highest BCUT2D eigenvalue weighted by atomic mass is 31.2. The molecule has 1 rings (SSSR count). The smallest absolute Gasteiger partial charge is 0.0819 e. The minimum atomic E-state index is -1.96. The summed E-state index contributed by atoms with van der Waals surface area (Å²) >= 11 is 0. The van der Waals surface area contributed by atoms with E-state index in [-0.39, 0.29) is 11.9 Å². The quantitative estimate of drug-likeness (QED) is 0.238. The summed E-state index contributed by atoms with van der Waals surface area (Å²) in [5.74, 6) is 0.461. The number of hydrogen-bond donors (Lipinski definition) is 0. The van der Waals surface area contributed by atoms with Gasteiger partial charge in [-0.1, -0.05) is 17.4 Å². The minimum absolute atomic E-state index is 0.0107. The summed E-state index contributed by atoms with van der Waals surface area (Å²) in [4.78, 5) is 2.85. The van der Waals surface area contributed by atoms with Gasteiger partial charge in [-0.05, 0) is 37.6 Å². The van der Waals surface area contributed by atoms with Crippen LogP contribution < -0.4 is 0 Å². The first-order valence-corrected chi connectivity index (χ1v) is 8.05. The summed E-state index contributed by atoms with van der Waals surface area (Å²) in [6, 6.07) is 0.0107. The average Bonchev–Trinajstić information content (AvgIpc) is 2.42. The molecule has 0 amide bonds. The molecule has 0 aliphatic heterocycles. The summed E-state index contributed by atoms with van der Waals surface area (Å²) in [5.41, 5.74) is 8.42. The minimum Gasteiger partial charge on any atom is -0.324 e. The van der Waals surface area contributed by atoms with Crippen LogP contribution in [0.15, 0.2) is 5.11 Å². The summed E-state index contributed by atoms with van der Waals surface area (Å²) in [5, 5.41) is 3.77. The molecule has 0 spiro atoms. The van der Waals surface area contributed by atoms with Gasteiger partial charge in [-0.3, -0.25) is 0 Å². The predicted octanol–water partition coefficient (Wildman–Crippen LogP) is 3.05. The van der Waals surface area contributed by atoms with Gasteiger partial charge >= 0.3 is 0 Å². The van der Waals surface area contributed by atoms with E-state index >= 15 is 0 Å². The lowest BCUT2D eigenvalue weighted by Gasteiger charge is -2.16. The number of azide groups is 1. The Hall–Kier alpha value is -0.395. The zero-order valence-corrected chi connectivity index (χ0v) is 10.2. The Morgan fingerprint density at radius 2 is 2.20 bits per heavy atom. The van der Waals surface area contributed by atoms with Crippen LogP contribution in [-0.2, 0) is 4.57 Å². The van der Waals surface area contributed by atoms with E-state index in [1.807, 2.05) is 0 Å². The van der Waals surface area contributed by atoms with Crippen molar-refractivity contribution in [1.82, 2.24) is 0 Å². The van der Waals surface area contributed by atoms with Crippen LogP contribution in [0.4, 0.5) is 0 Å². The molecule has 1 saturated carbocycles. The SMILES string of the molecule is [B]C1CC(CCP(C)(C)=O)C(N=[N+]=[N-])C1. The highest BCUT2D eigenvalue weighted by molar-refractivity contribution is 7.62. The van der Waals surface area contributed by atoms with Gasteiger partial charge in [-0.2, -0.15) is 0 Å². The molecular weight excluding hydrogens is 208 g/mol. The maximum absolute atomic E-state index is 11.6. The van der Waals surface area contributed by atoms with Crippen molar-refractivity contribution in [3.05, 3.63) is 10.4 Å². The lowest BCUT2D eigenvalue weighted by Crippen LogP contribution is -2.12. The second-order valence-electron chi connectivity index (χ2n) is 4.85. The molecule has 0 saturated heterocycles. The Kier molecular flexibility index (Phi) is 4.30. The largest absolute Gasteiger partial charge is 0.324 e. The Balaban J connectivity index is 2.52. The van der Waals surface area contributed by atoms with Crippen molar-refractivity contribution in [2.45, 2.75) is 31.1 Å². The molecule has 0 heterocycles. The van der Waals surface area contributed by atoms with E-state index < -0.39 is 7.14 Å². The second kappa shape index (κ2) is 5.09. The summed E-state index contributed by atoms with van der Waals surface area (Å²) < 4.78 is 11.6. The predicted molar refractivity (Wildman–Crippen MR) is 64.1 cm³/mol. The van der Waals surface area contributed by atoms with Gasteiger partial charge in [0.25, 0.3) is 0 Å². The lowest BCUT2D eigenvalue weighted by atomic mass is 9.85. The van der Waals surface area contributed by atoms with Gasteiger partial charge in [0.05, 0.1) is 15.0 Å². The Morgan fingerprint density at radius 1 is 1.53 bits per heavy atom. The average molecular weight is 225 g/mol. The molecule has 15 heavy (non-hydrogen) atoms. The molecule has 82 valence electrons. The third kappa shape index (κ3) is 4.32. The van der Waals surface area contributed by atoms with Crippen molar-refractivity contribution < 1.29 is 4.57 Å². The van der Waals surface area contributed by atoms with Crippen LogP contribution in [0.25, 0.3) is 10.4 Å². The van der Waals surface area contributed by atoms with Crippen LogP contribution in [0.2, 0.25) is 5.82 Å². The molecule has 3 atom stereocenters. The van der Waals surface area contributed by atoms with Gasteiger partial charge in [0.1, 0.15) is 0 Å². The van der Waals surface area contributed by atoms with Crippen molar-refractivity contribution in [2.75, 3.05) is 19.5 Å². The molecule has 3 unspecified atom stereocenters. The highest BCUT2D eigenvalue weighted by Gasteiger charge is 2.31. The molecule has 1 fully saturated rings. The van der Waals surface area contributed by atoms with Gasteiger partial charge in [-0.15, -0.1) is 0 Å². The molecule has 1 aliphatic carbocycles. The fourth-order valence-electron chi connectivity index (χ4n) is 2.14. The van der Waals surface area contributed by atoms with E-state index in [9.17, 15) is 4.57 Å². The van der Waals surface area contributed by atoms with E-state index in [4.69, 9.17) is 13.4 Å². The zero-order valence-electron chi connectivity index (χ0n) is 9.33. The van der Waals surface area contributed by atoms with Gasteiger partial charge in [0, 0.05) is 17.1 Å². The first kappa shape index (κ1) is 12.7. The van der Waals surface area contributed by atoms with E-state index in [2.05, 4.69) is 10.0 Å². The van der Waals surface area contributed by atoms with Gasteiger partial charge in [0.2, 0.25) is 0 Å². The standard InChI is InChI=1S/C9H17BN3OP/c1-15(2,14)4-3-7-5-8(10)6-9(7)12-13-11/h7-9H,3-6H2,1-2H3. The number of rotatable bonds is 4. The maximum Gasteiger partial charge on any atom is 0.0819 e. The highest BCUT2D eigenvalue weighted by Crippen LogP contribution is 2.43. The number of nitrogens with zero attached hydrogens (tertiary/aromatic N) is 3. The lowest BCUT2D eigenvalue weighted by molar-refractivity contribution is 0.464. The van der Waals surface area contributed by atoms with E-state index in [0.29, 0.717) is 5.92 Å². The molecular formula is C9H17BN3OP. The van der Waals surface area contributed by atoms with Crippen LogP contribution in [0.1, 0.15) is 19.3 Å². The molecule has 0 bridgehead atoms. The van der Waals surface area contributed by atoms with Crippen LogP contribution in [0.3, 0.4) is 0 Å². The van der Waals surface area contributed by atoms with E-state index in [1.165, 1.54) is 0 Å². The molecule has 6 heteroatoms. The third-order valence-electron chi connectivity index (χ3n) is 2.93. The Morgan fingerprint density at radius 3 is 2.73 bits per heavy atom. The second-order valence-corrected chi connectivity index (χ2v) is 8.45. The zero-order chi connectivity index (χ0) is 11.5. The van der Waals surface area contributed by atoms with Crippen LogP contribution >= 0.6 is 7.14 Å². The van der Waals surface area contributed by atoms with Crippen LogP contribution in [-0.4, -0.2) is 33.4 Å². The van der Waals surface area contributed by atoms with E-state index in [0.717, 1.165) is 25.4 Å². The van der Waals surface area contributed by atoms with Crippen molar-refractivity contribution in [1.29, 1.82) is 0 Å². The first-order valence-electron chi connectivity index (χ1n) is 5.26. The maximum atomic E-state index is 11.6. The molecule has 0 N–H and O–H groups in total. The summed E-state index contributed by atoms with van der Waals surface area (Å²) in [6.45, 7) is 3.59. The molecule has 0 aromatic rings. The van der Waals surface area contributed by atoms with Gasteiger partial charge in [0.15, 0.2) is 0 Å². The molecule has 0 aromatic carbocycles. The summed E-state index contributed by atoms with van der Waals surface area (Å²) in [6.07, 6.45) is 3.25. The fourth-order valence-corrected chi connectivity index (χ4v) is 3.09. The van der Waals surface area contributed by atoms with Gasteiger partial charge in [-0.25, -0.2) is 0 Å². The van der Waals surface area contributed by atoms with Gasteiger partial charge < -0.3 is 4.57 Å². The first-order chi connectivity index (χ1) is 6.92. The Bertz CT molecular complexity index is 310. The monoisotopic (exact) mass is 225 g/mol. The van der Waals surface area contributed by atoms with Crippen LogP contribution in [0.5, 0.6) is 0 Å². The van der Waals surface area contributed by atoms with Crippen molar-refractivity contribution in [3.8, 4) is 0 Å². The van der Waals surface area contributed by atoms with Crippen molar-refractivity contribution in [3.63, 3.8) is 0 Å². The Labute approximate surface area is 92.2 Å². The van der Waals surface area contributed by atoms with Crippen molar-refractivity contribution >= 4 is 15.0 Å². The molecule has 4 nitrogen and oxygen atoms in total. The molecule has 1 aliphatic rings. The fraction of sp³-hybridized carbons (Fsp3) is 1.00. The normalized spacial score (nSPS) is 31.2. The topological polar surface area (TPSA) is 65.8 Å². The number of hydrogen-bond acceptors (Lipinski definition) is 2. The van der Waals surface area contributed by atoms with Crippen molar-refractivity contribution in [2.24, 2.45) is 11.0 Å². The molecule has 0 aromatic heterocycles. The van der Waals surface area contributed by atoms with Crippen LogP contribution in [0, 0.1) is 5.92 Å². The van der Waals surface area contributed by atoms with E-state index in [1.54, 1.807) is 13.3 Å². The molecule has 2 radical (unpaired) electrons. The third-order valence-corrected chi connectivity index (χ3v) is 4.27.